The molecule has 228 valence electrons. The smallest absolute Gasteiger partial charge is 0.307 e. The van der Waals surface area contributed by atoms with E-state index in [-0.39, 0.29) is 12.1 Å². The average molecular weight is 554 g/mol. The Bertz CT molecular complexity index is 900. The third kappa shape index (κ3) is 6.26. The van der Waals surface area contributed by atoms with Crippen LogP contribution in [0.3, 0.4) is 0 Å². The first-order valence-corrected chi connectivity index (χ1v) is 17.6. The first-order chi connectivity index (χ1) is 19.0. The van der Waals surface area contributed by atoms with Gasteiger partial charge >= 0.3 is 5.97 Å². The highest BCUT2D eigenvalue weighted by Gasteiger charge is 2.59. The molecule has 5 aliphatic rings. The van der Waals surface area contributed by atoms with Crippen LogP contribution in [0.25, 0.3) is 0 Å². The number of esters is 1. The van der Waals surface area contributed by atoms with Gasteiger partial charge in [-0.1, -0.05) is 79.4 Å². The van der Waals surface area contributed by atoms with Crippen molar-refractivity contribution in [3.63, 3.8) is 0 Å². The van der Waals surface area contributed by atoms with Crippen LogP contribution in [-0.2, 0) is 9.53 Å². The summed E-state index contributed by atoms with van der Waals surface area (Å²) in [6.45, 7) is 20.4. The number of carbonyl (C=O) groups is 1. The van der Waals surface area contributed by atoms with Crippen LogP contribution >= 0.6 is 0 Å². The lowest BCUT2D eigenvalue weighted by atomic mass is 9.47. The Balaban J connectivity index is 1.16. The van der Waals surface area contributed by atoms with Gasteiger partial charge in [-0.15, -0.1) is 0 Å². The van der Waals surface area contributed by atoms with Gasteiger partial charge in [0.15, 0.2) is 0 Å². The highest BCUT2D eigenvalue weighted by molar-refractivity contribution is 5.69. The minimum Gasteiger partial charge on any atom is -0.462 e. The first kappa shape index (κ1) is 30.6. The first-order valence-electron chi connectivity index (χ1n) is 17.6. The molecule has 0 aromatic carbocycles. The third-order valence-electron chi connectivity index (χ3n) is 13.1. The largest absolute Gasteiger partial charge is 0.462 e. The van der Waals surface area contributed by atoms with Crippen molar-refractivity contribution >= 4 is 5.97 Å². The summed E-state index contributed by atoms with van der Waals surface area (Å²) < 4.78 is 6.13. The Kier molecular flexibility index (Phi) is 9.51. The molecular weight excluding hydrogens is 490 g/mol. The number of hydrogen-bond acceptors (Lipinski definition) is 3. The molecule has 1 saturated heterocycles. The van der Waals surface area contributed by atoms with Crippen molar-refractivity contribution in [2.75, 3.05) is 19.6 Å². The maximum absolute atomic E-state index is 12.9. The van der Waals surface area contributed by atoms with E-state index in [1.807, 2.05) is 0 Å². The van der Waals surface area contributed by atoms with E-state index in [0.29, 0.717) is 17.3 Å². The Morgan fingerprint density at radius 1 is 1.00 bits per heavy atom. The van der Waals surface area contributed by atoms with Crippen molar-refractivity contribution in [2.24, 2.45) is 58.2 Å². The third-order valence-corrected chi connectivity index (χ3v) is 13.1. The summed E-state index contributed by atoms with van der Waals surface area (Å²) in [5, 5.41) is 0. The van der Waals surface area contributed by atoms with Gasteiger partial charge in [0.05, 0.1) is 6.42 Å². The van der Waals surface area contributed by atoms with E-state index in [2.05, 4.69) is 59.4 Å². The van der Waals surface area contributed by atoms with E-state index in [4.69, 9.17) is 4.74 Å². The Hall–Kier alpha value is -0.830. The molecule has 5 rings (SSSR count). The van der Waals surface area contributed by atoms with Gasteiger partial charge in [0.2, 0.25) is 0 Å². The molecule has 3 heteroatoms. The quantitative estimate of drug-likeness (QED) is 0.210. The molecule has 1 aliphatic heterocycles. The zero-order valence-electron chi connectivity index (χ0n) is 27.4. The molecule has 0 bridgehead atoms. The van der Waals surface area contributed by atoms with E-state index in [0.717, 1.165) is 79.8 Å². The van der Waals surface area contributed by atoms with E-state index in [1.54, 1.807) is 5.57 Å². The molecule has 3 saturated carbocycles. The fourth-order valence-electron chi connectivity index (χ4n) is 11.2. The summed E-state index contributed by atoms with van der Waals surface area (Å²) in [5.74, 6) is 6.76. The van der Waals surface area contributed by atoms with Crippen LogP contribution in [0.5, 0.6) is 0 Å². The van der Waals surface area contributed by atoms with Crippen LogP contribution in [0.4, 0.5) is 0 Å². The standard InChI is InChI=1S/C37H63NO2/c1-25(2)9-8-10-28(5)32-13-14-33-31-12-11-29-22-30(15-18-36(29,6)34(31)16-19-37(32,33)7)40-35(39)17-20-38-23-26(3)21-27(4)24-38/h11,25-28,30-34H,8-10,12-24H2,1-7H3/t26?,27?,28?,30?,31?,32?,33?,34?,36-,37+/m1/s1. The van der Waals surface area contributed by atoms with Gasteiger partial charge in [-0.3, -0.25) is 4.79 Å². The average Bonchev–Trinajstić information content (AvgIpc) is 3.24. The van der Waals surface area contributed by atoms with E-state index in [1.165, 1.54) is 64.2 Å². The van der Waals surface area contributed by atoms with Crippen LogP contribution in [0.2, 0.25) is 0 Å². The molecule has 40 heavy (non-hydrogen) atoms. The van der Waals surface area contributed by atoms with Gasteiger partial charge in [0.1, 0.15) is 6.10 Å². The van der Waals surface area contributed by atoms with Crippen molar-refractivity contribution in [2.45, 2.75) is 138 Å². The predicted molar refractivity (Wildman–Crippen MR) is 167 cm³/mol. The molecular formula is C37H63NO2. The number of hydrogen-bond donors (Lipinski definition) is 0. The molecule has 0 amide bonds. The minimum absolute atomic E-state index is 0.0294. The molecule has 1 heterocycles. The van der Waals surface area contributed by atoms with Gasteiger partial charge in [0, 0.05) is 26.1 Å². The molecule has 10 atom stereocenters. The highest BCUT2D eigenvalue weighted by Crippen LogP contribution is 2.67. The molecule has 3 nitrogen and oxygen atoms in total. The summed E-state index contributed by atoms with van der Waals surface area (Å²) in [5.41, 5.74) is 2.52. The fraction of sp³-hybridized carbons (Fsp3) is 0.919. The zero-order chi connectivity index (χ0) is 28.7. The molecule has 0 radical (unpaired) electrons. The number of ether oxygens (including phenoxy) is 1. The molecule has 0 aromatic heterocycles. The lowest BCUT2D eigenvalue weighted by molar-refractivity contribution is -0.152. The number of carbonyl (C=O) groups excluding carboxylic acids is 1. The summed E-state index contributed by atoms with van der Waals surface area (Å²) in [6, 6.07) is 0. The summed E-state index contributed by atoms with van der Waals surface area (Å²) >= 11 is 0. The zero-order valence-corrected chi connectivity index (χ0v) is 27.4. The molecule has 0 N–H and O–H groups in total. The van der Waals surface area contributed by atoms with Gasteiger partial charge in [0.25, 0.3) is 0 Å². The predicted octanol–water partition coefficient (Wildman–Crippen LogP) is 9.31. The summed E-state index contributed by atoms with van der Waals surface area (Å²) in [6.07, 6.45) is 19.1. The van der Waals surface area contributed by atoms with Crippen molar-refractivity contribution in [3.05, 3.63) is 11.6 Å². The highest BCUT2D eigenvalue weighted by atomic mass is 16.5. The van der Waals surface area contributed by atoms with Crippen molar-refractivity contribution in [1.82, 2.24) is 4.90 Å². The molecule has 0 aromatic rings. The van der Waals surface area contributed by atoms with Crippen LogP contribution in [0, 0.1) is 58.2 Å². The number of piperidine rings is 1. The van der Waals surface area contributed by atoms with E-state index < -0.39 is 0 Å². The monoisotopic (exact) mass is 553 g/mol. The fourth-order valence-corrected chi connectivity index (χ4v) is 11.2. The molecule has 4 aliphatic carbocycles. The van der Waals surface area contributed by atoms with Gasteiger partial charge in [-0.2, -0.15) is 0 Å². The van der Waals surface area contributed by atoms with Crippen LogP contribution < -0.4 is 0 Å². The van der Waals surface area contributed by atoms with E-state index in [9.17, 15) is 4.79 Å². The second-order valence-electron chi connectivity index (χ2n) is 16.6. The van der Waals surface area contributed by atoms with Gasteiger partial charge in [-0.05, 0) is 110 Å². The van der Waals surface area contributed by atoms with Crippen molar-refractivity contribution in [1.29, 1.82) is 0 Å². The molecule has 4 fully saturated rings. The number of allylic oxidation sites excluding steroid dienone is 1. The van der Waals surface area contributed by atoms with E-state index >= 15 is 0 Å². The lowest BCUT2D eigenvalue weighted by Crippen LogP contribution is -2.51. The number of rotatable bonds is 9. The van der Waals surface area contributed by atoms with Crippen LogP contribution in [-0.4, -0.2) is 36.6 Å². The molecule has 0 spiro atoms. The molecule has 8 unspecified atom stereocenters. The SMILES string of the molecule is CC(C)CCCC(C)C1CCC2C3CC=C4CC(OC(=O)CCN5CC(C)CC(C)C5)CC[C@@]4(C)C3CC[C@@]12C. The topological polar surface area (TPSA) is 29.5 Å². The summed E-state index contributed by atoms with van der Waals surface area (Å²) in [7, 11) is 0. The summed E-state index contributed by atoms with van der Waals surface area (Å²) in [4.78, 5) is 15.3. The number of fused-ring (bicyclic) bond motifs is 5. The Morgan fingerprint density at radius 3 is 2.48 bits per heavy atom. The second-order valence-corrected chi connectivity index (χ2v) is 16.6. The normalized spacial score (nSPS) is 42.5. The Labute approximate surface area is 247 Å². The lowest BCUT2D eigenvalue weighted by Gasteiger charge is -2.58. The Morgan fingerprint density at radius 2 is 1.75 bits per heavy atom. The van der Waals surface area contributed by atoms with Crippen LogP contribution in [0.15, 0.2) is 11.6 Å². The maximum atomic E-state index is 12.9. The van der Waals surface area contributed by atoms with Crippen LogP contribution in [0.1, 0.15) is 132 Å². The maximum Gasteiger partial charge on any atom is 0.307 e. The van der Waals surface area contributed by atoms with Crippen molar-refractivity contribution < 1.29 is 9.53 Å². The van der Waals surface area contributed by atoms with Crippen molar-refractivity contribution in [3.8, 4) is 0 Å². The number of likely N-dealkylation sites (tertiary alicyclic amines) is 1. The minimum atomic E-state index is 0.0294. The van der Waals surface area contributed by atoms with Gasteiger partial charge in [-0.25, -0.2) is 0 Å². The second kappa shape index (κ2) is 12.4. The number of nitrogens with zero attached hydrogens (tertiary/aromatic N) is 1. The van der Waals surface area contributed by atoms with Gasteiger partial charge < -0.3 is 9.64 Å².